The zero-order valence-electron chi connectivity index (χ0n) is 13.5. The van der Waals surface area contributed by atoms with E-state index >= 15 is 0 Å². The molecule has 0 aromatic carbocycles. The molecule has 3 aromatic rings. The summed E-state index contributed by atoms with van der Waals surface area (Å²) >= 11 is 7.60. The molecule has 0 radical (unpaired) electrons. The van der Waals surface area contributed by atoms with Crippen LogP contribution in [0.3, 0.4) is 0 Å². The van der Waals surface area contributed by atoms with Crippen molar-refractivity contribution < 1.29 is 0 Å². The standard InChI is InChI=1S/C19H20S4/c1-4-5-12-20-14(3)15-8-9-18(22-15)19-11-10-17(23-19)16-7-6-13(2)21-16/h5-12,14H,4H2,1-3H3/b12-5-. The van der Waals surface area contributed by atoms with Crippen molar-refractivity contribution in [3.63, 3.8) is 0 Å². The Hall–Kier alpha value is -0.810. The minimum Gasteiger partial charge on any atom is -0.140 e. The fraction of sp³-hybridized carbons (Fsp3) is 0.263. The van der Waals surface area contributed by atoms with E-state index in [4.69, 9.17) is 0 Å². The van der Waals surface area contributed by atoms with Gasteiger partial charge in [-0.15, -0.1) is 45.8 Å². The third-order valence-electron chi connectivity index (χ3n) is 3.47. The van der Waals surface area contributed by atoms with E-state index in [1.165, 1.54) is 29.3 Å². The molecule has 1 atom stereocenters. The molecule has 0 amide bonds. The van der Waals surface area contributed by atoms with Crippen molar-refractivity contribution in [1.29, 1.82) is 0 Å². The Labute approximate surface area is 154 Å². The van der Waals surface area contributed by atoms with Crippen LogP contribution in [0.5, 0.6) is 0 Å². The third kappa shape index (κ3) is 4.18. The van der Waals surface area contributed by atoms with E-state index in [0.29, 0.717) is 5.25 Å². The van der Waals surface area contributed by atoms with Gasteiger partial charge in [-0.05, 0) is 62.1 Å². The van der Waals surface area contributed by atoms with Crippen LogP contribution >= 0.6 is 45.8 Å². The van der Waals surface area contributed by atoms with E-state index in [0.717, 1.165) is 6.42 Å². The van der Waals surface area contributed by atoms with Crippen molar-refractivity contribution in [2.24, 2.45) is 0 Å². The molecule has 0 spiro atoms. The molecule has 120 valence electrons. The number of aryl methyl sites for hydroxylation is 1. The van der Waals surface area contributed by atoms with Crippen LogP contribution in [0.2, 0.25) is 0 Å². The summed E-state index contributed by atoms with van der Waals surface area (Å²) in [4.78, 5) is 8.34. The molecular formula is C19H20S4. The SMILES string of the molecule is CC/C=C\SC(C)c1ccc(-c2ccc(-c3ccc(C)s3)s2)s1. The van der Waals surface area contributed by atoms with Crippen molar-refractivity contribution in [3.05, 3.63) is 57.6 Å². The van der Waals surface area contributed by atoms with Gasteiger partial charge in [-0.2, -0.15) is 0 Å². The van der Waals surface area contributed by atoms with E-state index in [1.807, 2.05) is 45.8 Å². The Morgan fingerprint density at radius 1 is 0.913 bits per heavy atom. The molecule has 1 unspecified atom stereocenters. The van der Waals surface area contributed by atoms with Crippen molar-refractivity contribution in [2.75, 3.05) is 0 Å². The lowest BCUT2D eigenvalue weighted by molar-refractivity contribution is 1.15. The number of thiophene rings is 3. The lowest BCUT2D eigenvalue weighted by Gasteiger charge is -2.04. The minimum absolute atomic E-state index is 0.524. The number of rotatable bonds is 6. The second-order valence-corrected chi connectivity index (χ2v) is 10.1. The molecule has 4 heteroatoms. The Morgan fingerprint density at radius 2 is 1.52 bits per heavy atom. The van der Waals surface area contributed by atoms with Gasteiger partial charge in [-0.1, -0.05) is 13.0 Å². The Balaban J connectivity index is 1.75. The quantitative estimate of drug-likeness (QED) is 0.417. The molecule has 0 saturated heterocycles. The average molecular weight is 377 g/mol. The molecule has 3 rings (SSSR count). The number of hydrogen-bond donors (Lipinski definition) is 0. The van der Waals surface area contributed by atoms with Gasteiger partial charge in [0.05, 0.1) is 0 Å². The predicted molar refractivity (Wildman–Crippen MR) is 111 cm³/mol. The molecule has 0 fully saturated rings. The smallest absolute Gasteiger partial charge is 0.0449 e. The van der Waals surface area contributed by atoms with Gasteiger partial charge in [-0.3, -0.25) is 0 Å². The van der Waals surface area contributed by atoms with Gasteiger partial charge in [0, 0.05) is 34.5 Å². The van der Waals surface area contributed by atoms with Gasteiger partial charge in [0.1, 0.15) is 0 Å². The maximum atomic E-state index is 2.29. The van der Waals surface area contributed by atoms with E-state index in [1.54, 1.807) is 0 Å². The lowest BCUT2D eigenvalue weighted by atomic mass is 10.3. The second kappa shape index (κ2) is 7.84. The first kappa shape index (κ1) is 17.0. The highest BCUT2D eigenvalue weighted by Gasteiger charge is 2.12. The molecule has 0 N–H and O–H groups in total. The summed E-state index contributed by atoms with van der Waals surface area (Å²) in [5, 5.41) is 2.75. The van der Waals surface area contributed by atoms with Gasteiger partial charge in [0.2, 0.25) is 0 Å². The van der Waals surface area contributed by atoms with Gasteiger partial charge >= 0.3 is 0 Å². The molecule has 0 aliphatic carbocycles. The average Bonchev–Trinajstić information content (AvgIpc) is 3.26. The van der Waals surface area contributed by atoms with E-state index in [9.17, 15) is 0 Å². The summed E-state index contributed by atoms with van der Waals surface area (Å²) < 4.78 is 0. The molecule has 3 aromatic heterocycles. The zero-order valence-corrected chi connectivity index (χ0v) is 16.8. The van der Waals surface area contributed by atoms with Crippen LogP contribution in [0.4, 0.5) is 0 Å². The summed E-state index contributed by atoms with van der Waals surface area (Å²) in [6.07, 6.45) is 3.33. The fourth-order valence-electron chi connectivity index (χ4n) is 2.21. The van der Waals surface area contributed by atoms with Crippen LogP contribution in [0.1, 0.15) is 35.3 Å². The summed E-state index contributed by atoms with van der Waals surface area (Å²) in [5.74, 6) is 0. The summed E-state index contributed by atoms with van der Waals surface area (Å²) in [5.41, 5.74) is 0. The zero-order chi connectivity index (χ0) is 16.2. The topological polar surface area (TPSA) is 0 Å². The van der Waals surface area contributed by atoms with Crippen molar-refractivity contribution >= 4 is 45.8 Å². The van der Waals surface area contributed by atoms with Crippen molar-refractivity contribution in [3.8, 4) is 19.5 Å². The fourth-order valence-corrected chi connectivity index (χ4v) is 6.27. The summed E-state index contributed by atoms with van der Waals surface area (Å²) in [6.45, 7) is 6.63. The van der Waals surface area contributed by atoms with Crippen LogP contribution < -0.4 is 0 Å². The van der Waals surface area contributed by atoms with Crippen LogP contribution in [0, 0.1) is 6.92 Å². The highest BCUT2D eigenvalue weighted by atomic mass is 32.2. The first-order valence-corrected chi connectivity index (χ1v) is 11.1. The highest BCUT2D eigenvalue weighted by Crippen LogP contribution is 2.42. The summed E-state index contributed by atoms with van der Waals surface area (Å²) in [7, 11) is 0. The molecule has 0 bridgehead atoms. The van der Waals surface area contributed by atoms with Crippen molar-refractivity contribution in [2.45, 2.75) is 32.4 Å². The normalized spacial score (nSPS) is 13.0. The Morgan fingerprint density at radius 3 is 2.17 bits per heavy atom. The van der Waals surface area contributed by atoms with Crippen LogP contribution in [0.25, 0.3) is 19.5 Å². The van der Waals surface area contributed by atoms with Crippen molar-refractivity contribution in [1.82, 2.24) is 0 Å². The monoisotopic (exact) mass is 376 g/mol. The van der Waals surface area contributed by atoms with E-state index in [-0.39, 0.29) is 0 Å². The van der Waals surface area contributed by atoms with Crippen LogP contribution in [-0.4, -0.2) is 0 Å². The molecule has 23 heavy (non-hydrogen) atoms. The number of hydrogen-bond acceptors (Lipinski definition) is 4. The maximum absolute atomic E-state index is 2.29. The predicted octanol–water partition coefficient (Wildman–Crippen LogP) is 8.23. The van der Waals surface area contributed by atoms with Crippen LogP contribution in [0.15, 0.2) is 47.9 Å². The lowest BCUT2D eigenvalue weighted by Crippen LogP contribution is -1.78. The van der Waals surface area contributed by atoms with E-state index in [2.05, 4.69) is 68.7 Å². The van der Waals surface area contributed by atoms with E-state index < -0.39 is 0 Å². The second-order valence-electron chi connectivity index (χ2n) is 5.33. The first-order chi connectivity index (χ1) is 11.2. The number of allylic oxidation sites excluding steroid dienone is 1. The van der Waals surface area contributed by atoms with Gasteiger partial charge in [0.25, 0.3) is 0 Å². The molecular weight excluding hydrogens is 356 g/mol. The van der Waals surface area contributed by atoms with Crippen LogP contribution in [-0.2, 0) is 0 Å². The van der Waals surface area contributed by atoms with Gasteiger partial charge in [-0.25, -0.2) is 0 Å². The maximum Gasteiger partial charge on any atom is 0.0449 e. The molecule has 3 heterocycles. The summed E-state index contributed by atoms with van der Waals surface area (Å²) in [6, 6.07) is 13.5. The molecule has 0 aliphatic heterocycles. The Kier molecular flexibility index (Phi) is 5.81. The number of thioether (sulfide) groups is 1. The molecule has 0 saturated carbocycles. The highest BCUT2D eigenvalue weighted by molar-refractivity contribution is 8.02. The van der Waals surface area contributed by atoms with Gasteiger partial charge < -0.3 is 0 Å². The third-order valence-corrected chi connectivity index (χ3v) is 8.38. The molecule has 0 nitrogen and oxygen atoms in total. The largest absolute Gasteiger partial charge is 0.140 e. The first-order valence-electron chi connectivity index (χ1n) is 7.74. The Bertz CT molecular complexity index is 788. The molecule has 0 aliphatic rings. The van der Waals surface area contributed by atoms with Gasteiger partial charge in [0.15, 0.2) is 0 Å². The minimum atomic E-state index is 0.524.